The van der Waals surface area contributed by atoms with E-state index in [4.69, 9.17) is 9.15 Å². The Morgan fingerprint density at radius 3 is 2.16 bits per heavy atom. The van der Waals surface area contributed by atoms with Crippen molar-refractivity contribution in [1.82, 2.24) is 0 Å². The summed E-state index contributed by atoms with van der Waals surface area (Å²) >= 11 is 0. The number of hydrogen-bond donors (Lipinski definition) is 8. The molecule has 1 aliphatic rings. The minimum absolute atomic E-state index is 0.0892. The van der Waals surface area contributed by atoms with Crippen molar-refractivity contribution in [2.45, 2.75) is 30.5 Å². The third-order valence-electron chi connectivity index (χ3n) is 5.44. The number of ether oxygens (including phenoxy) is 1. The quantitative estimate of drug-likeness (QED) is 0.264. The second kappa shape index (κ2) is 7.97. The van der Waals surface area contributed by atoms with Crippen LogP contribution in [0.15, 0.2) is 39.5 Å². The van der Waals surface area contributed by atoms with Crippen LogP contribution in [0.2, 0.25) is 0 Å². The van der Waals surface area contributed by atoms with Gasteiger partial charge in [-0.25, -0.2) is 0 Å². The van der Waals surface area contributed by atoms with Crippen molar-refractivity contribution in [3.05, 3.63) is 46.1 Å². The van der Waals surface area contributed by atoms with Crippen LogP contribution in [-0.4, -0.2) is 71.9 Å². The number of phenols is 3. The molecule has 3 aromatic rings. The number of phenolic OH excluding ortho intramolecular Hbond substituents is 3. The van der Waals surface area contributed by atoms with Gasteiger partial charge in [-0.1, -0.05) is 0 Å². The number of benzene rings is 2. The van der Waals surface area contributed by atoms with Gasteiger partial charge in [-0.3, -0.25) is 4.79 Å². The summed E-state index contributed by atoms with van der Waals surface area (Å²) in [6.07, 6.45) is -8.17. The molecule has 1 saturated heterocycles. The average Bonchev–Trinajstić information content (AvgIpc) is 2.76. The first kappa shape index (κ1) is 21.9. The van der Waals surface area contributed by atoms with Gasteiger partial charge in [-0.05, 0) is 24.3 Å². The highest BCUT2D eigenvalue weighted by atomic mass is 16.5. The van der Waals surface area contributed by atoms with Gasteiger partial charge in [-0.2, -0.15) is 0 Å². The maximum absolute atomic E-state index is 12.8. The van der Waals surface area contributed by atoms with Crippen LogP contribution >= 0.6 is 0 Å². The van der Waals surface area contributed by atoms with Crippen LogP contribution in [-0.2, 0) is 4.74 Å². The number of rotatable bonds is 3. The predicted molar refractivity (Wildman–Crippen MR) is 107 cm³/mol. The number of aliphatic hydroxyl groups is 4. The van der Waals surface area contributed by atoms with Crippen molar-refractivity contribution in [1.29, 1.82) is 0 Å². The van der Waals surface area contributed by atoms with E-state index >= 15 is 0 Å². The van der Waals surface area contributed by atoms with Gasteiger partial charge in [0.1, 0.15) is 53.2 Å². The van der Waals surface area contributed by atoms with E-state index in [0.717, 1.165) is 6.07 Å². The average molecular weight is 448 g/mol. The lowest BCUT2D eigenvalue weighted by Gasteiger charge is -2.40. The number of aliphatic hydroxyl groups excluding tert-OH is 4. The Hall–Kier alpha value is -3.35. The normalized spacial score (nSPS) is 25.8. The van der Waals surface area contributed by atoms with E-state index in [9.17, 15) is 45.6 Å². The predicted octanol–water partition coefficient (Wildman–Crippen LogP) is -0.203. The van der Waals surface area contributed by atoms with Crippen LogP contribution < -0.4 is 5.43 Å². The Morgan fingerprint density at radius 2 is 1.53 bits per heavy atom. The van der Waals surface area contributed by atoms with Crippen molar-refractivity contribution in [3.63, 3.8) is 0 Å². The van der Waals surface area contributed by atoms with Crippen LogP contribution in [0.25, 0.3) is 22.3 Å². The Kier molecular flexibility index (Phi) is 5.44. The van der Waals surface area contributed by atoms with Gasteiger partial charge in [0.05, 0.1) is 12.2 Å². The zero-order chi connectivity index (χ0) is 23.3. The smallest absolute Gasteiger partial charge is 0.238 e. The zero-order valence-corrected chi connectivity index (χ0v) is 16.3. The van der Waals surface area contributed by atoms with E-state index in [1.807, 2.05) is 0 Å². The molecule has 0 spiro atoms. The summed E-state index contributed by atoms with van der Waals surface area (Å²) in [6, 6.07) is 6.01. The topological polar surface area (TPSA) is 201 Å². The first-order chi connectivity index (χ1) is 15.1. The molecular formula is C21H20O11. The minimum atomic E-state index is -1.82. The number of fused-ring (bicyclic) bond motifs is 1. The first-order valence-electron chi connectivity index (χ1n) is 9.50. The molecule has 1 aromatic heterocycles. The molecule has 0 bridgehead atoms. The third-order valence-corrected chi connectivity index (χ3v) is 5.44. The molecule has 1 aliphatic heterocycles. The van der Waals surface area contributed by atoms with E-state index in [1.165, 1.54) is 24.3 Å². The molecule has 8 N–H and O–H groups in total. The summed E-state index contributed by atoms with van der Waals surface area (Å²) in [4.78, 5) is 12.8. The van der Waals surface area contributed by atoms with Crippen LogP contribution in [0.4, 0.5) is 0 Å². The molecule has 2 heterocycles. The second-order valence-electron chi connectivity index (χ2n) is 7.44. The lowest BCUT2D eigenvalue weighted by molar-refractivity contribution is -0.231. The van der Waals surface area contributed by atoms with Gasteiger partial charge >= 0.3 is 0 Å². The van der Waals surface area contributed by atoms with Gasteiger partial charge in [0, 0.05) is 11.6 Å². The Bertz CT molecular complexity index is 1220. The Morgan fingerprint density at radius 1 is 0.875 bits per heavy atom. The number of hydrogen-bond acceptors (Lipinski definition) is 11. The van der Waals surface area contributed by atoms with Crippen LogP contribution in [0.5, 0.6) is 23.0 Å². The molecule has 2 aromatic carbocycles. The molecule has 11 nitrogen and oxygen atoms in total. The second-order valence-corrected chi connectivity index (χ2v) is 7.44. The fourth-order valence-corrected chi connectivity index (χ4v) is 3.77. The number of aromatic hydroxyl groups is 4. The Labute approximate surface area is 179 Å². The first-order valence-corrected chi connectivity index (χ1v) is 9.50. The van der Waals surface area contributed by atoms with Gasteiger partial charge in [-0.15, -0.1) is 0 Å². The fraction of sp³-hybridized carbons (Fsp3) is 0.286. The summed E-state index contributed by atoms with van der Waals surface area (Å²) in [5, 5.41) is 80.2. The highest BCUT2D eigenvalue weighted by molar-refractivity contribution is 5.91. The van der Waals surface area contributed by atoms with E-state index in [2.05, 4.69) is 0 Å². The summed E-state index contributed by atoms with van der Waals surface area (Å²) in [6.45, 7) is -0.734. The third kappa shape index (κ3) is 3.32. The molecule has 0 aliphatic carbocycles. The summed E-state index contributed by atoms with van der Waals surface area (Å²) in [5.74, 6) is -2.71. The lowest BCUT2D eigenvalue weighted by Crippen LogP contribution is -2.55. The van der Waals surface area contributed by atoms with E-state index in [1.54, 1.807) is 0 Å². The highest BCUT2D eigenvalue weighted by Crippen LogP contribution is 2.44. The van der Waals surface area contributed by atoms with Crippen LogP contribution in [0.1, 0.15) is 11.7 Å². The van der Waals surface area contributed by atoms with E-state index in [0.29, 0.717) is 0 Å². The maximum Gasteiger partial charge on any atom is 0.238 e. The van der Waals surface area contributed by atoms with Crippen molar-refractivity contribution in [2.75, 3.05) is 6.61 Å². The van der Waals surface area contributed by atoms with Crippen molar-refractivity contribution >= 4 is 11.0 Å². The molecule has 32 heavy (non-hydrogen) atoms. The molecule has 4 rings (SSSR count). The maximum atomic E-state index is 12.8. The molecule has 5 unspecified atom stereocenters. The van der Waals surface area contributed by atoms with Gasteiger partial charge in [0.2, 0.25) is 11.2 Å². The molecule has 0 saturated carbocycles. The lowest BCUT2D eigenvalue weighted by atomic mass is 9.89. The van der Waals surface area contributed by atoms with Crippen molar-refractivity contribution in [2.24, 2.45) is 0 Å². The monoisotopic (exact) mass is 448 g/mol. The van der Waals surface area contributed by atoms with Crippen LogP contribution in [0, 0.1) is 0 Å². The Balaban J connectivity index is 2.01. The molecule has 0 amide bonds. The summed E-state index contributed by atoms with van der Waals surface area (Å²) < 4.78 is 11.1. The molecule has 0 radical (unpaired) electrons. The fourth-order valence-electron chi connectivity index (χ4n) is 3.77. The standard InChI is InChI=1S/C21H20O11/c22-6-11-14(26)16(28)18(30)21(31-11)13-10(25)5-9(24)12-15(27)17(29)19(32-20(12)13)7-1-3-8(23)4-2-7/h1-5,11,14,16,18,21-26,28-30H,6H2. The zero-order valence-electron chi connectivity index (χ0n) is 16.3. The van der Waals surface area contributed by atoms with E-state index in [-0.39, 0.29) is 22.6 Å². The van der Waals surface area contributed by atoms with Crippen molar-refractivity contribution in [3.8, 4) is 34.3 Å². The summed E-state index contributed by atoms with van der Waals surface area (Å²) in [5.41, 5.74) is -1.70. The van der Waals surface area contributed by atoms with Gasteiger partial charge < -0.3 is 50.0 Å². The molecule has 11 heteroatoms. The molecular weight excluding hydrogens is 428 g/mol. The van der Waals surface area contributed by atoms with Crippen LogP contribution in [0.3, 0.4) is 0 Å². The molecule has 1 fully saturated rings. The molecule has 170 valence electrons. The van der Waals surface area contributed by atoms with Crippen molar-refractivity contribution < 1.29 is 50.0 Å². The minimum Gasteiger partial charge on any atom is -0.508 e. The van der Waals surface area contributed by atoms with E-state index < -0.39 is 70.8 Å². The van der Waals surface area contributed by atoms with Gasteiger partial charge in [0.15, 0.2) is 11.3 Å². The highest BCUT2D eigenvalue weighted by Gasteiger charge is 2.46. The van der Waals surface area contributed by atoms with Gasteiger partial charge in [0.25, 0.3) is 0 Å². The SMILES string of the molecule is O=c1c(O)c(-c2ccc(O)cc2)oc2c(C3OC(CO)C(O)C(O)C3O)c(O)cc(O)c12. The molecule has 5 atom stereocenters. The summed E-state index contributed by atoms with van der Waals surface area (Å²) in [7, 11) is 0. The largest absolute Gasteiger partial charge is 0.508 e.